The quantitative estimate of drug-likeness (QED) is 0.784. The molecule has 1 aliphatic heterocycles. The lowest BCUT2D eigenvalue weighted by Crippen LogP contribution is -2.53. The van der Waals surface area contributed by atoms with E-state index >= 15 is 0 Å². The summed E-state index contributed by atoms with van der Waals surface area (Å²) in [6.45, 7) is 5.19. The van der Waals surface area contributed by atoms with Crippen LogP contribution in [0.5, 0.6) is 0 Å². The highest BCUT2D eigenvalue weighted by molar-refractivity contribution is 5.74. The molecule has 2 amide bonds. The van der Waals surface area contributed by atoms with Crippen molar-refractivity contribution in [1.29, 1.82) is 0 Å². The van der Waals surface area contributed by atoms with Crippen LogP contribution in [0.3, 0.4) is 0 Å². The van der Waals surface area contributed by atoms with Gasteiger partial charge in [-0.25, -0.2) is 4.79 Å². The lowest BCUT2D eigenvalue weighted by atomic mass is 9.94. The number of urea groups is 1. The highest BCUT2D eigenvalue weighted by atomic mass is 16.5. The van der Waals surface area contributed by atoms with E-state index in [2.05, 4.69) is 12.1 Å². The van der Waals surface area contributed by atoms with E-state index in [-0.39, 0.29) is 6.03 Å². The zero-order valence-electron chi connectivity index (χ0n) is 13.7. The number of hydrogen-bond acceptors (Lipinski definition) is 3. The van der Waals surface area contributed by atoms with E-state index in [4.69, 9.17) is 9.47 Å². The van der Waals surface area contributed by atoms with Gasteiger partial charge in [-0.1, -0.05) is 30.3 Å². The van der Waals surface area contributed by atoms with Gasteiger partial charge in [0.1, 0.15) is 5.60 Å². The van der Waals surface area contributed by atoms with Crippen LogP contribution in [0.25, 0.3) is 0 Å². The van der Waals surface area contributed by atoms with Gasteiger partial charge >= 0.3 is 6.03 Å². The van der Waals surface area contributed by atoms with Crippen LogP contribution in [-0.4, -0.2) is 62.8 Å². The fraction of sp³-hybridized carbons (Fsp3) is 0.588. The Morgan fingerprint density at radius 2 is 2.14 bits per heavy atom. The van der Waals surface area contributed by atoms with Crippen molar-refractivity contribution in [2.24, 2.45) is 0 Å². The standard InChI is InChI=1S/C17H26N2O3/c1-17(15-8-5-4-6-9-15)14-19(11-13-22-17)16(20)18(2)10-7-12-21-3/h4-6,8-9H,7,10-14H2,1-3H3. The minimum atomic E-state index is -0.442. The summed E-state index contributed by atoms with van der Waals surface area (Å²) < 4.78 is 11.0. The highest BCUT2D eigenvalue weighted by Crippen LogP contribution is 2.29. The van der Waals surface area contributed by atoms with E-state index in [0.717, 1.165) is 12.0 Å². The number of hydrogen-bond donors (Lipinski definition) is 0. The molecule has 0 N–H and O–H groups in total. The van der Waals surface area contributed by atoms with E-state index in [1.165, 1.54) is 0 Å². The molecule has 1 aromatic carbocycles. The second-order valence-electron chi connectivity index (χ2n) is 5.92. The summed E-state index contributed by atoms with van der Waals surface area (Å²) in [5.41, 5.74) is 0.664. The van der Waals surface area contributed by atoms with E-state index in [1.54, 1.807) is 12.0 Å². The second-order valence-corrected chi connectivity index (χ2v) is 5.92. The molecule has 22 heavy (non-hydrogen) atoms. The predicted molar refractivity (Wildman–Crippen MR) is 85.8 cm³/mol. The largest absolute Gasteiger partial charge is 0.385 e. The molecular weight excluding hydrogens is 280 g/mol. The lowest BCUT2D eigenvalue weighted by molar-refractivity contribution is -0.0930. The van der Waals surface area contributed by atoms with Gasteiger partial charge in [0.15, 0.2) is 0 Å². The Labute approximate surface area is 132 Å². The molecule has 0 saturated carbocycles. The summed E-state index contributed by atoms with van der Waals surface area (Å²) in [5.74, 6) is 0. The van der Waals surface area contributed by atoms with Crippen molar-refractivity contribution in [3.05, 3.63) is 35.9 Å². The molecule has 0 spiro atoms. The Balaban J connectivity index is 1.99. The number of benzene rings is 1. The molecule has 0 aliphatic carbocycles. The first-order chi connectivity index (χ1) is 10.6. The molecule has 1 fully saturated rings. The predicted octanol–water partition coefficient (Wildman–Crippen LogP) is 2.32. The smallest absolute Gasteiger partial charge is 0.319 e. The van der Waals surface area contributed by atoms with Crippen molar-refractivity contribution >= 4 is 6.03 Å². The molecule has 1 saturated heterocycles. The third-order valence-corrected chi connectivity index (χ3v) is 4.10. The molecular formula is C17H26N2O3. The third-order valence-electron chi connectivity index (χ3n) is 4.10. The topological polar surface area (TPSA) is 42.0 Å². The Bertz CT molecular complexity index is 480. The molecule has 1 aliphatic rings. The van der Waals surface area contributed by atoms with Crippen LogP contribution in [-0.2, 0) is 15.1 Å². The molecule has 1 aromatic rings. The monoisotopic (exact) mass is 306 g/mol. The van der Waals surface area contributed by atoms with Crippen molar-refractivity contribution < 1.29 is 14.3 Å². The average molecular weight is 306 g/mol. The maximum Gasteiger partial charge on any atom is 0.319 e. The van der Waals surface area contributed by atoms with E-state index in [1.807, 2.05) is 37.1 Å². The number of amides is 2. The van der Waals surface area contributed by atoms with Crippen LogP contribution >= 0.6 is 0 Å². The molecule has 1 unspecified atom stereocenters. The van der Waals surface area contributed by atoms with Crippen LogP contribution in [0, 0.1) is 0 Å². The van der Waals surface area contributed by atoms with E-state index in [0.29, 0.717) is 32.8 Å². The number of carbonyl (C=O) groups excluding carboxylic acids is 1. The Morgan fingerprint density at radius 3 is 2.82 bits per heavy atom. The fourth-order valence-corrected chi connectivity index (χ4v) is 2.78. The number of ether oxygens (including phenoxy) is 2. The van der Waals surface area contributed by atoms with Gasteiger partial charge < -0.3 is 19.3 Å². The maximum atomic E-state index is 12.6. The second kappa shape index (κ2) is 7.61. The van der Waals surface area contributed by atoms with Gasteiger partial charge in [-0.05, 0) is 18.9 Å². The normalized spacial score (nSPS) is 21.7. The SMILES string of the molecule is COCCCN(C)C(=O)N1CCOC(C)(c2ccccc2)C1. The summed E-state index contributed by atoms with van der Waals surface area (Å²) in [6.07, 6.45) is 0.846. The van der Waals surface area contributed by atoms with Crippen LogP contribution < -0.4 is 0 Å². The molecule has 0 aromatic heterocycles. The van der Waals surface area contributed by atoms with E-state index in [9.17, 15) is 4.79 Å². The van der Waals surface area contributed by atoms with Crippen molar-refractivity contribution in [2.45, 2.75) is 18.9 Å². The van der Waals surface area contributed by atoms with Crippen LogP contribution in [0.2, 0.25) is 0 Å². The highest BCUT2D eigenvalue weighted by Gasteiger charge is 2.36. The Morgan fingerprint density at radius 1 is 1.41 bits per heavy atom. The third kappa shape index (κ3) is 3.99. The molecule has 5 nitrogen and oxygen atoms in total. The summed E-state index contributed by atoms with van der Waals surface area (Å²) in [4.78, 5) is 16.2. The van der Waals surface area contributed by atoms with Gasteiger partial charge in [0, 0.05) is 33.9 Å². The first-order valence-electron chi connectivity index (χ1n) is 7.75. The Kier molecular flexibility index (Phi) is 5.80. The van der Waals surface area contributed by atoms with E-state index < -0.39 is 5.60 Å². The van der Waals surface area contributed by atoms with Gasteiger partial charge in [0.2, 0.25) is 0 Å². The van der Waals surface area contributed by atoms with Gasteiger partial charge in [-0.2, -0.15) is 0 Å². The molecule has 1 heterocycles. The Hall–Kier alpha value is -1.59. The van der Waals surface area contributed by atoms with Gasteiger partial charge in [0.25, 0.3) is 0 Å². The van der Waals surface area contributed by atoms with Crippen LogP contribution in [0.4, 0.5) is 4.79 Å². The average Bonchev–Trinajstić information content (AvgIpc) is 2.55. The first-order valence-corrected chi connectivity index (χ1v) is 7.75. The minimum Gasteiger partial charge on any atom is -0.385 e. The number of nitrogens with zero attached hydrogens (tertiary/aromatic N) is 2. The lowest BCUT2D eigenvalue weighted by Gasteiger charge is -2.42. The van der Waals surface area contributed by atoms with Crippen molar-refractivity contribution in [1.82, 2.24) is 9.80 Å². The zero-order valence-corrected chi connectivity index (χ0v) is 13.7. The number of methoxy groups -OCH3 is 1. The first kappa shape index (κ1) is 16.8. The molecule has 1 atom stereocenters. The number of carbonyl (C=O) groups is 1. The number of rotatable bonds is 5. The van der Waals surface area contributed by atoms with Crippen LogP contribution in [0.1, 0.15) is 18.9 Å². The molecule has 0 bridgehead atoms. The summed E-state index contributed by atoms with van der Waals surface area (Å²) in [6, 6.07) is 10.2. The molecule has 2 rings (SSSR count). The summed E-state index contributed by atoms with van der Waals surface area (Å²) in [7, 11) is 3.52. The van der Waals surface area contributed by atoms with Crippen molar-refractivity contribution in [3.8, 4) is 0 Å². The minimum absolute atomic E-state index is 0.0570. The maximum absolute atomic E-state index is 12.6. The number of morpholine rings is 1. The van der Waals surface area contributed by atoms with Gasteiger partial charge in [0.05, 0.1) is 13.2 Å². The zero-order chi connectivity index (χ0) is 16.0. The fourth-order valence-electron chi connectivity index (χ4n) is 2.78. The molecule has 0 radical (unpaired) electrons. The summed E-state index contributed by atoms with van der Waals surface area (Å²) in [5, 5.41) is 0. The summed E-state index contributed by atoms with van der Waals surface area (Å²) >= 11 is 0. The van der Waals surface area contributed by atoms with Crippen LogP contribution in [0.15, 0.2) is 30.3 Å². The van der Waals surface area contributed by atoms with Gasteiger partial charge in [-0.3, -0.25) is 0 Å². The van der Waals surface area contributed by atoms with Crippen molar-refractivity contribution in [2.75, 3.05) is 47.0 Å². The van der Waals surface area contributed by atoms with Crippen molar-refractivity contribution in [3.63, 3.8) is 0 Å². The van der Waals surface area contributed by atoms with Gasteiger partial charge in [-0.15, -0.1) is 0 Å². The molecule has 5 heteroatoms. The molecule has 122 valence electrons.